The van der Waals surface area contributed by atoms with Crippen molar-refractivity contribution in [2.24, 2.45) is 0 Å². The second-order valence-corrected chi connectivity index (χ2v) is 4.87. The van der Waals surface area contributed by atoms with E-state index < -0.39 is 29.4 Å². The van der Waals surface area contributed by atoms with Crippen LogP contribution in [0.1, 0.15) is 36.5 Å². The molecule has 0 unspecified atom stereocenters. The molecule has 0 atom stereocenters. The highest BCUT2D eigenvalue weighted by Crippen LogP contribution is 2.42. The fraction of sp³-hybridized carbons (Fsp3) is 0.455. The molecule has 0 fully saturated rings. The highest BCUT2D eigenvalue weighted by molar-refractivity contribution is 9.10. The summed E-state index contributed by atoms with van der Waals surface area (Å²) in [5.41, 5.74) is -2.61. The van der Waals surface area contributed by atoms with Gasteiger partial charge in [0.1, 0.15) is 0 Å². The molecule has 0 bridgehead atoms. The molecular weight excluding hydrogens is 326 g/mol. The van der Waals surface area contributed by atoms with E-state index in [1.165, 1.54) is 13.8 Å². The van der Waals surface area contributed by atoms with Crippen LogP contribution in [-0.4, -0.2) is 0 Å². The molecule has 18 heavy (non-hydrogen) atoms. The van der Waals surface area contributed by atoms with E-state index in [0.29, 0.717) is 0 Å². The summed E-state index contributed by atoms with van der Waals surface area (Å²) in [7, 11) is 0. The molecular formula is C11H9BrF6. The van der Waals surface area contributed by atoms with Crippen molar-refractivity contribution in [1.82, 2.24) is 0 Å². The Morgan fingerprint density at radius 1 is 0.944 bits per heavy atom. The van der Waals surface area contributed by atoms with Gasteiger partial charge in [-0.2, -0.15) is 26.3 Å². The van der Waals surface area contributed by atoms with Crippen LogP contribution >= 0.6 is 15.9 Å². The molecule has 0 nitrogen and oxygen atoms in total. The van der Waals surface area contributed by atoms with Crippen molar-refractivity contribution in [3.05, 3.63) is 33.3 Å². The maximum Gasteiger partial charge on any atom is 0.417 e. The first-order chi connectivity index (χ1) is 7.94. The number of alkyl halides is 6. The van der Waals surface area contributed by atoms with Gasteiger partial charge in [-0.25, -0.2) is 0 Å². The van der Waals surface area contributed by atoms with E-state index in [9.17, 15) is 26.3 Å². The highest BCUT2D eigenvalue weighted by atomic mass is 79.9. The molecule has 7 heteroatoms. The first-order valence-corrected chi connectivity index (χ1v) is 5.71. The second-order valence-electron chi connectivity index (χ2n) is 4.08. The summed E-state index contributed by atoms with van der Waals surface area (Å²) in [4.78, 5) is 0. The van der Waals surface area contributed by atoms with Gasteiger partial charge in [0, 0.05) is 4.47 Å². The van der Waals surface area contributed by atoms with E-state index in [-0.39, 0.29) is 16.1 Å². The lowest BCUT2D eigenvalue weighted by molar-refractivity contribution is -0.143. The molecule has 0 aliphatic rings. The Morgan fingerprint density at radius 3 is 1.78 bits per heavy atom. The molecule has 0 spiro atoms. The predicted molar refractivity (Wildman–Crippen MR) is 58.2 cm³/mol. The normalized spacial score (nSPS) is 13.2. The summed E-state index contributed by atoms with van der Waals surface area (Å²) in [5, 5.41) is 0. The molecule has 0 saturated heterocycles. The van der Waals surface area contributed by atoms with Crippen molar-refractivity contribution >= 4 is 15.9 Å². The summed E-state index contributed by atoms with van der Waals surface area (Å²) >= 11 is 2.73. The molecule has 0 aliphatic heterocycles. The smallest absolute Gasteiger partial charge is 0.166 e. The van der Waals surface area contributed by atoms with Gasteiger partial charge in [-0.3, -0.25) is 0 Å². The van der Waals surface area contributed by atoms with Gasteiger partial charge in [0.15, 0.2) is 0 Å². The van der Waals surface area contributed by atoms with Crippen LogP contribution in [0.15, 0.2) is 16.6 Å². The highest BCUT2D eigenvalue weighted by Gasteiger charge is 2.39. The van der Waals surface area contributed by atoms with E-state index in [2.05, 4.69) is 15.9 Å². The molecule has 0 N–H and O–H groups in total. The van der Waals surface area contributed by atoms with Gasteiger partial charge in [0.05, 0.1) is 11.1 Å². The SMILES string of the molecule is CC(C)c1cc(C(F)(F)F)cc(C(F)(F)F)c1Br. The number of benzene rings is 1. The summed E-state index contributed by atoms with van der Waals surface area (Å²) in [6.45, 7) is 3.06. The topological polar surface area (TPSA) is 0 Å². The molecule has 0 aromatic heterocycles. The average molecular weight is 335 g/mol. The molecule has 1 aromatic carbocycles. The summed E-state index contributed by atoms with van der Waals surface area (Å²) in [6, 6.07) is 0.861. The third-order valence-electron chi connectivity index (χ3n) is 2.36. The Labute approximate surface area is 108 Å². The Hall–Kier alpha value is -0.720. The number of hydrogen-bond acceptors (Lipinski definition) is 0. The van der Waals surface area contributed by atoms with Crippen molar-refractivity contribution in [2.75, 3.05) is 0 Å². The van der Waals surface area contributed by atoms with Crippen molar-refractivity contribution < 1.29 is 26.3 Å². The van der Waals surface area contributed by atoms with E-state index in [4.69, 9.17) is 0 Å². The summed E-state index contributed by atoms with van der Waals surface area (Å²) in [5.74, 6) is -0.456. The van der Waals surface area contributed by atoms with Crippen molar-refractivity contribution in [3.8, 4) is 0 Å². The third kappa shape index (κ3) is 3.18. The molecule has 1 rings (SSSR count). The molecule has 1 aromatic rings. The molecule has 0 heterocycles. The van der Waals surface area contributed by atoms with Crippen LogP contribution in [0.5, 0.6) is 0 Å². The van der Waals surface area contributed by atoms with Crippen LogP contribution in [0.25, 0.3) is 0 Å². The maximum atomic E-state index is 12.7. The van der Waals surface area contributed by atoms with Crippen LogP contribution in [0.4, 0.5) is 26.3 Å². The van der Waals surface area contributed by atoms with Crippen LogP contribution in [0.2, 0.25) is 0 Å². The second kappa shape index (κ2) is 4.75. The first kappa shape index (κ1) is 15.3. The summed E-state index contributed by atoms with van der Waals surface area (Å²) in [6.07, 6.45) is -9.63. The van der Waals surface area contributed by atoms with Crippen molar-refractivity contribution in [2.45, 2.75) is 32.1 Å². The van der Waals surface area contributed by atoms with E-state index in [1.54, 1.807) is 0 Å². The lowest BCUT2D eigenvalue weighted by atomic mass is 9.97. The Kier molecular flexibility index (Phi) is 4.05. The Morgan fingerprint density at radius 2 is 1.44 bits per heavy atom. The minimum absolute atomic E-state index is 0.0165. The van der Waals surface area contributed by atoms with Gasteiger partial charge >= 0.3 is 12.4 Å². The van der Waals surface area contributed by atoms with Crippen LogP contribution < -0.4 is 0 Å². The van der Waals surface area contributed by atoms with Crippen LogP contribution in [0.3, 0.4) is 0 Å². The average Bonchev–Trinajstić information content (AvgIpc) is 2.13. The molecule has 0 aliphatic carbocycles. The number of halogens is 7. The zero-order valence-corrected chi connectivity index (χ0v) is 11.0. The maximum absolute atomic E-state index is 12.7. The van der Waals surface area contributed by atoms with Gasteiger partial charge in [0.2, 0.25) is 0 Å². The largest absolute Gasteiger partial charge is 0.417 e. The molecule has 0 amide bonds. The van der Waals surface area contributed by atoms with E-state index >= 15 is 0 Å². The number of hydrogen-bond donors (Lipinski definition) is 0. The Balaban J connectivity index is 3.58. The lowest BCUT2D eigenvalue weighted by Crippen LogP contribution is -2.13. The monoisotopic (exact) mass is 334 g/mol. The molecule has 102 valence electrons. The van der Waals surface area contributed by atoms with Crippen LogP contribution in [-0.2, 0) is 12.4 Å². The van der Waals surface area contributed by atoms with Crippen molar-refractivity contribution in [1.29, 1.82) is 0 Å². The summed E-state index contributed by atoms with van der Waals surface area (Å²) < 4.78 is 75.3. The zero-order valence-electron chi connectivity index (χ0n) is 9.38. The predicted octanol–water partition coefficient (Wildman–Crippen LogP) is 5.61. The van der Waals surface area contributed by atoms with Crippen LogP contribution in [0, 0.1) is 0 Å². The molecule has 0 saturated carbocycles. The van der Waals surface area contributed by atoms with Crippen molar-refractivity contribution in [3.63, 3.8) is 0 Å². The minimum atomic E-state index is -4.83. The van der Waals surface area contributed by atoms with E-state index in [0.717, 1.165) is 6.07 Å². The zero-order chi connectivity index (χ0) is 14.3. The quantitative estimate of drug-likeness (QED) is 0.585. The standard InChI is InChI=1S/C11H9BrF6/c1-5(2)7-3-6(10(13,14)15)4-8(9(7)12)11(16,17)18/h3-5H,1-2H3. The third-order valence-corrected chi connectivity index (χ3v) is 3.24. The fourth-order valence-electron chi connectivity index (χ4n) is 1.44. The fourth-order valence-corrected chi connectivity index (χ4v) is 2.35. The lowest BCUT2D eigenvalue weighted by Gasteiger charge is -2.18. The van der Waals surface area contributed by atoms with Gasteiger partial charge in [-0.1, -0.05) is 13.8 Å². The van der Waals surface area contributed by atoms with Gasteiger partial charge in [-0.15, -0.1) is 0 Å². The van der Waals surface area contributed by atoms with E-state index in [1.807, 2.05) is 0 Å². The first-order valence-electron chi connectivity index (χ1n) is 4.92. The van der Waals surface area contributed by atoms with Gasteiger partial charge in [0.25, 0.3) is 0 Å². The van der Waals surface area contributed by atoms with Gasteiger partial charge < -0.3 is 0 Å². The number of rotatable bonds is 1. The van der Waals surface area contributed by atoms with Gasteiger partial charge in [-0.05, 0) is 39.5 Å². The Bertz CT molecular complexity index is 444. The molecule has 0 radical (unpaired) electrons. The minimum Gasteiger partial charge on any atom is -0.166 e.